The van der Waals surface area contributed by atoms with Crippen molar-refractivity contribution in [1.29, 1.82) is 0 Å². The van der Waals surface area contributed by atoms with Crippen molar-refractivity contribution in [3.63, 3.8) is 0 Å². The molecule has 2 heterocycles. The molecule has 2 saturated heterocycles. The number of carbonyl (C=O) groups is 2. The van der Waals surface area contributed by atoms with Crippen LogP contribution in [0.1, 0.15) is 37.3 Å². The van der Waals surface area contributed by atoms with Crippen molar-refractivity contribution >= 4 is 17.5 Å². The maximum absolute atomic E-state index is 13.3. The Balaban J connectivity index is 1.42. The summed E-state index contributed by atoms with van der Waals surface area (Å²) in [5, 5.41) is 3.02. The van der Waals surface area contributed by atoms with Gasteiger partial charge in [-0.3, -0.25) is 14.5 Å². The fourth-order valence-corrected chi connectivity index (χ4v) is 4.44. The van der Waals surface area contributed by atoms with Gasteiger partial charge in [0.2, 0.25) is 11.8 Å². The van der Waals surface area contributed by atoms with E-state index < -0.39 is 0 Å². The molecule has 2 aromatic carbocycles. The molecule has 152 valence electrons. The van der Waals surface area contributed by atoms with Gasteiger partial charge in [-0.1, -0.05) is 48.5 Å². The van der Waals surface area contributed by atoms with Crippen LogP contribution in [0.25, 0.3) is 0 Å². The highest BCUT2D eigenvalue weighted by Gasteiger charge is 2.35. The summed E-state index contributed by atoms with van der Waals surface area (Å²) < 4.78 is 0. The van der Waals surface area contributed by atoms with E-state index in [4.69, 9.17) is 0 Å². The van der Waals surface area contributed by atoms with Crippen LogP contribution in [0.3, 0.4) is 0 Å². The van der Waals surface area contributed by atoms with Gasteiger partial charge in [0.05, 0.1) is 0 Å². The number of hydrogen-bond donors (Lipinski definition) is 1. The van der Waals surface area contributed by atoms with Crippen molar-refractivity contribution in [1.82, 2.24) is 9.80 Å². The Hall–Kier alpha value is -2.66. The van der Waals surface area contributed by atoms with Crippen molar-refractivity contribution in [2.75, 3.05) is 31.5 Å². The molecule has 1 N–H and O–H groups in total. The van der Waals surface area contributed by atoms with E-state index >= 15 is 0 Å². The highest BCUT2D eigenvalue weighted by atomic mass is 16.2. The zero-order valence-electron chi connectivity index (χ0n) is 16.8. The summed E-state index contributed by atoms with van der Waals surface area (Å²) in [7, 11) is 0. The molecule has 0 saturated carbocycles. The van der Waals surface area contributed by atoms with Gasteiger partial charge in [0.1, 0.15) is 6.04 Å². The van der Waals surface area contributed by atoms with Crippen LogP contribution in [0.5, 0.6) is 0 Å². The average Bonchev–Trinajstić information content (AvgIpc) is 3.31. The minimum atomic E-state index is -0.243. The topological polar surface area (TPSA) is 52.7 Å². The normalized spacial score (nSPS) is 19.1. The molecule has 2 amide bonds. The van der Waals surface area contributed by atoms with Gasteiger partial charge in [-0.05, 0) is 56.5 Å². The lowest BCUT2D eigenvalue weighted by Crippen LogP contribution is -2.46. The van der Waals surface area contributed by atoms with E-state index in [1.807, 2.05) is 65.6 Å². The Morgan fingerprint density at radius 3 is 2.03 bits per heavy atom. The molecule has 2 aliphatic rings. The molecule has 0 spiro atoms. The first-order valence-corrected chi connectivity index (χ1v) is 10.7. The van der Waals surface area contributed by atoms with Gasteiger partial charge >= 0.3 is 0 Å². The third-order valence-electron chi connectivity index (χ3n) is 6.07. The summed E-state index contributed by atoms with van der Waals surface area (Å²) >= 11 is 0. The highest BCUT2D eigenvalue weighted by Crippen LogP contribution is 2.30. The Kier molecular flexibility index (Phi) is 6.25. The summed E-state index contributed by atoms with van der Waals surface area (Å²) in [6, 6.07) is 19.4. The average molecular weight is 392 g/mol. The zero-order chi connectivity index (χ0) is 20.1. The third-order valence-corrected chi connectivity index (χ3v) is 6.07. The van der Waals surface area contributed by atoms with Crippen LogP contribution in [0.4, 0.5) is 5.69 Å². The number of anilines is 1. The Morgan fingerprint density at radius 2 is 1.41 bits per heavy atom. The Labute approximate surface area is 172 Å². The molecule has 0 aliphatic carbocycles. The second-order valence-corrected chi connectivity index (χ2v) is 8.01. The van der Waals surface area contributed by atoms with Crippen molar-refractivity contribution in [3.8, 4) is 0 Å². The first-order valence-electron chi connectivity index (χ1n) is 10.7. The van der Waals surface area contributed by atoms with Crippen LogP contribution < -0.4 is 5.32 Å². The molecular formula is C24H29N3O2. The van der Waals surface area contributed by atoms with Crippen molar-refractivity contribution in [3.05, 3.63) is 66.2 Å². The maximum Gasteiger partial charge on any atom is 0.244 e. The largest absolute Gasteiger partial charge is 0.341 e. The fourth-order valence-electron chi connectivity index (χ4n) is 4.44. The molecule has 29 heavy (non-hydrogen) atoms. The molecule has 4 rings (SSSR count). The molecule has 5 heteroatoms. The molecule has 0 bridgehead atoms. The molecular weight excluding hydrogens is 362 g/mol. The lowest BCUT2D eigenvalue weighted by Gasteiger charge is -2.38. The number of benzene rings is 2. The number of likely N-dealkylation sites (tertiary alicyclic amines) is 2. The van der Waals surface area contributed by atoms with E-state index in [0.29, 0.717) is 0 Å². The smallest absolute Gasteiger partial charge is 0.244 e. The summed E-state index contributed by atoms with van der Waals surface area (Å²) in [6.07, 6.45) is 3.73. The second-order valence-electron chi connectivity index (χ2n) is 8.01. The van der Waals surface area contributed by atoms with Crippen LogP contribution >= 0.6 is 0 Å². The van der Waals surface area contributed by atoms with Gasteiger partial charge in [-0.25, -0.2) is 0 Å². The van der Waals surface area contributed by atoms with Gasteiger partial charge in [-0.2, -0.15) is 0 Å². The molecule has 2 fully saturated rings. The number of hydrogen-bond acceptors (Lipinski definition) is 3. The molecule has 0 unspecified atom stereocenters. The third kappa shape index (κ3) is 4.67. The second kappa shape index (κ2) is 9.23. The van der Waals surface area contributed by atoms with E-state index in [0.717, 1.165) is 63.1 Å². The number of carbonyl (C=O) groups excluding carboxylic acids is 2. The summed E-state index contributed by atoms with van der Waals surface area (Å²) in [6.45, 7) is 3.23. The van der Waals surface area contributed by atoms with Gasteiger partial charge in [0.25, 0.3) is 0 Å². The van der Waals surface area contributed by atoms with Crippen LogP contribution in [-0.2, 0) is 9.59 Å². The molecule has 2 aliphatic heterocycles. The number of para-hydroxylation sites is 1. The number of piperidine rings is 1. The first-order chi connectivity index (χ1) is 14.2. The van der Waals surface area contributed by atoms with E-state index in [2.05, 4.69) is 10.2 Å². The van der Waals surface area contributed by atoms with Crippen LogP contribution in [-0.4, -0.2) is 47.8 Å². The molecule has 2 aromatic rings. The van der Waals surface area contributed by atoms with Gasteiger partial charge < -0.3 is 10.2 Å². The monoisotopic (exact) mass is 391 g/mol. The zero-order valence-corrected chi connectivity index (χ0v) is 16.8. The highest BCUT2D eigenvalue weighted by molar-refractivity contribution is 5.92. The molecule has 0 radical (unpaired) electrons. The molecule has 0 aromatic heterocycles. The van der Waals surface area contributed by atoms with E-state index in [1.165, 1.54) is 0 Å². The quantitative estimate of drug-likeness (QED) is 0.846. The minimum Gasteiger partial charge on any atom is -0.341 e. The number of nitrogens with zero attached hydrogens (tertiary/aromatic N) is 2. The van der Waals surface area contributed by atoms with Crippen LogP contribution in [0, 0.1) is 5.92 Å². The fraction of sp³-hybridized carbons (Fsp3) is 0.417. The van der Waals surface area contributed by atoms with Crippen molar-refractivity contribution in [2.45, 2.75) is 31.7 Å². The van der Waals surface area contributed by atoms with Gasteiger partial charge in [-0.15, -0.1) is 0 Å². The number of rotatable bonds is 5. The predicted molar refractivity (Wildman–Crippen MR) is 114 cm³/mol. The SMILES string of the molecule is O=C(Nc1ccccc1)C1CCN([C@H](C(=O)N2CCCC2)c2ccccc2)CC1. The maximum atomic E-state index is 13.3. The van der Waals surface area contributed by atoms with Crippen LogP contribution in [0.15, 0.2) is 60.7 Å². The molecule has 1 atom stereocenters. The lowest BCUT2D eigenvalue weighted by atomic mass is 9.93. The van der Waals surface area contributed by atoms with Crippen LogP contribution in [0.2, 0.25) is 0 Å². The van der Waals surface area contributed by atoms with E-state index in [-0.39, 0.29) is 23.8 Å². The predicted octanol–water partition coefficient (Wildman–Crippen LogP) is 3.70. The summed E-state index contributed by atoms with van der Waals surface area (Å²) in [5.41, 5.74) is 1.89. The van der Waals surface area contributed by atoms with Crippen molar-refractivity contribution < 1.29 is 9.59 Å². The minimum absolute atomic E-state index is 0.00947. The van der Waals surface area contributed by atoms with E-state index in [9.17, 15) is 9.59 Å². The van der Waals surface area contributed by atoms with Gasteiger partial charge in [0, 0.05) is 24.7 Å². The Bertz CT molecular complexity index is 811. The lowest BCUT2D eigenvalue weighted by molar-refractivity contribution is -0.137. The summed E-state index contributed by atoms with van der Waals surface area (Å²) in [4.78, 5) is 30.2. The molecule has 5 nitrogen and oxygen atoms in total. The standard InChI is InChI=1S/C24H29N3O2/c28-23(25-21-11-5-2-6-12-21)20-13-17-26(18-14-20)22(19-9-3-1-4-10-19)24(29)27-15-7-8-16-27/h1-6,9-12,20,22H,7-8,13-18H2,(H,25,28)/t22-/m0/s1. The first kappa shape index (κ1) is 19.6. The Morgan fingerprint density at radius 1 is 0.828 bits per heavy atom. The van der Waals surface area contributed by atoms with Gasteiger partial charge in [0.15, 0.2) is 0 Å². The van der Waals surface area contributed by atoms with Crippen molar-refractivity contribution in [2.24, 2.45) is 5.92 Å². The number of nitrogens with one attached hydrogen (secondary N) is 1. The van der Waals surface area contributed by atoms with E-state index in [1.54, 1.807) is 0 Å². The summed E-state index contributed by atoms with van der Waals surface area (Å²) in [5.74, 6) is 0.281. The number of amides is 2.